The average molecular weight is 400 g/mol. The highest BCUT2D eigenvalue weighted by molar-refractivity contribution is 9.10. The first kappa shape index (κ1) is 17.1. The summed E-state index contributed by atoms with van der Waals surface area (Å²) in [6, 6.07) is 12.4. The maximum Gasteiger partial charge on any atom is 0.331 e. The Morgan fingerprint density at radius 1 is 1.20 bits per heavy atom. The fourth-order valence-corrected chi connectivity index (χ4v) is 2.86. The molecule has 3 rings (SSSR count). The summed E-state index contributed by atoms with van der Waals surface area (Å²) in [5.74, 6) is -1.00. The smallest absolute Gasteiger partial charge is 0.331 e. The van der Waals surface area contributed by atoms with Crippen molar-refractivity contribution in [2.45, 2.75) is 6.42 Å². The van der Waals surface area contributed by atoms with Crippen LogP contribution in [0, 0.1) is 0 Å². The van der Waals surface area contributed by atoms with Crippen molar-refractivity contribution in [2.24, 2.45) is 0 Å². The van der Waals surface area contributed by atoms with E-state index in [2.05, 4.69) is 21.2 Å². The third-order valence-corrected chi connectivity index (χ3v) is 4.42. The number of benzene rings is 2. The number of halogens is 1. The summed E-state index contributed by atoms with van der Waals surface area (Å²) in [6.45, 7) is -0.348. The van der Waals surface area contributed by atoms with Gasteiger partial charge in [-0.3, -0.25) is 9.59 Å². The molecule has 0 saturated heterocycles. The number of nitrogens with one attached hydrogen (secondary N) is 1. The van der Waals surface area contributed by atoms with E-state index in [0.29, 0.717) is 5.56 Å². The number of Topliss-reactive ketones (excluding diaryl/α,β-unsaturated/α-hetero) is 1. The molecule has 0 aromatic heterocycles. The maximum absolute atomic E-state index is 12.1. The number of ether oxygens (including phenoxy) is 1. The Labute approximate surface area is 152 Å². The van der Waals surface area contributed by atoms with Gasteiger partial charge in [-0.25, -0.2) is 4.79 Å². The van der Waals surface area contributed by atoms with E-state index in [0.717, 1.165) is 21.3 Å². The summed E-state index contributed by atoms with van der Waals surface area (Å²) in [7, 11) is 0. The minimum absolute atomic E-state index is 0.0942. The molecule has 0 saturated carbocycles. The van der Waals surface area contributed by atoms with Gasteiger partial charge in [-0.15, -0.1) is 0 Å². The van der Waals surface area contributed by atoms with E-state index >= 15 is 0 Å². The van der Waals surface area contributed by atoms with Crippen LogP contribution in [0.2, 0.25) is 0 Å². The Kier molecular flexibility index (Phi) is 5.09. The van der Waals surface area contributed by atoms with Gasteiger partial charge in [0, 0.05) is 21.8 Å². The molecule has 126 valence electrons. The molecule has 2 aromatic rings. The quantitative estimate of drug-likeness (QED) is 0.475. The summed E-state index contributed by atoms with van der Waals surface area (Å²) in [4.78, 5) is 35.2. The van der Waals surface area contributed by atoms with Crippen LogP contribution in [-0.2, 0) is 20.7 Å². The SMILES string of the molecule is O=C1Cc2cc(C(=O)COC(=O)/C=C/c3ccccc3Br)ccc2N1. The summed E-state index contributed by atoms with van der Waals surface area (Å²) in [6.07, 6.45) is 3.15. The van der Waals surface area contributed by atoms with Crippen molar-refractivity contribution in [3.63, 3.8) is 0 Å². The summed E-state index contributed by atoms with van der Waals surface area (Å²) in [5, 5.41) is 2.70. The Bertz CT molecular complexity index is 889. The number of carbonyl (C=O) groups excluding carboxylic acids is 3. The van der Waals surface area contributed by atoms with Crippen LogP contribution in [0.3, 0.4) is 0 Å². The van der Waals surface area contributed by atoms with Gasteiger partial charge in [-0.2, -0.15) is 0 Å². The fourth-order valence-electron chi connectivity index (χ4n) is 2.44. The monoisotopic (exact) mass is 399 g/mol. The van der Waals surface area contributed by atoms with E-state index in [1.807, 2.05) is 24.3 Å². The number of anilines is 1. The van der Waals surface area contributed by atoms with E-state index in [4.69, 9.17) is 4.74 Å². The zero-order valence-electron chi connectivity index (χ0n) is 13.1. The molecule has 1 amide bonds. The topological polar surface area (TPSA) is 72.5 Å². The number of esters is 1. The predicted molar refractivity (Wildman–Crippen MR) is 97.2 cm³/mol. The lowest BCUT2D eigenvalue weighted by atomic mass is 10.1. The molecular formula is C19H14BrNO4. The number of rotatable bonds is 5. The predicted octanol–water partition coefficient (Wildman–Crippen LogP) is 3.38. The molecule has 0 spiro atoms. The van der Waals surface area contributed by atoms with Crippen molar-refractivity contribution < 1.29 is 19.1 Å². The van der Waals surface area contributed by atoms with Gasteiger partial charge in [0.25, 0.3) is 0 Å². The van der Waals surface area contributed by atoms with Crippen molar-refractivity contribution >= 4 is 45.4 Å². The van der Waals surface area contributed by atoms with Crippen LogP contribution < -0.4 is 5.32 Å². The molecule has 0 bridgehead atoms. The Hall–Kier alpha value is -2.73. The van der Waals surface area contributed by atoms with Gasteiger partial charge in [-0.1, -0.05) is 34.1 Å². The second-order valence-corrected chi connectivity index (χ2v) is 6.34. The maximum atomic E-state index is 12.1. The molecular weight excluding hydrogens is 386 g/mol. The highest BCUT2D eigenvalue weighted by Gasteiger charge is 2.19. The van der Waals surface area contributed by atoms with Gasteiger partial charge in [0.05, 0.1) is 6.42 Å². The van der Waals surface area contributed by atoms with E-state index in [9.17, 15) is 14.4 Å². The van der Waals surface area contributed by atoms with Crippen LogP contribution in [0.15, 0.2) is 53.0 Å². The zero-order valence-corrected chi connectivity index (χ0v) is 14.7. The summed E-state index contributed by atoms with van der Waals surface area (Å²) >= 11 is 3.38. The molecule has 2 aromatic carbocycles. The van der Waals surface area contributed by atoms with E-state index in [-0.39, 0.29) is 24.7 Å². The van der Waals surface area contributed by atoms with Crippen molar-refractivity contribution in [1.82, 2.24) is 0 Å². The first-order valence-corrected chi connectivity index (χ1v) is 8.37. The first-order valence-electron chi connectivity index (χ1n) is 7.58. The molecule has 0 radical (unpaired) electrons. The average Bonchev–Trinajstić information content (AvgIpc) is 2.98. The molecule has 0 fully saturated rings. The van der Waals surface area contributed by atoms with Crippen LogP contribution in [0.5, 0.6) is 0 Å². The number of hydrogen-bond acceptors (Lipinski definition) is 4. The zero-order chi connectivity index (χ0) is 17.8. The number of carbonyl (C=O) groups is 3. The molecule has 0 aliphatic carbocycles. The molecule has 1 heterocycles. The van der Waals surface area contributed by atoms with Crippen LogP contribution in [0.25, 0.3) is 6.08 Å². The number of amides is 1. The fraction of sp³-hybridized carbons (Fsp3) is 0.105. The van der Waals surface area contributed by atoms with Crippen molar-refractivity contribution in [3.05, 3.63) is 69.7 Å². The minimum Gasteiger partial charge on any atom is -0.454 e. The molecule has 0 unspecified atom stereocenters. The number of ketones is 1. The molecule has 6 heteroatoms. The number of fused-ring (bicyclic) bond motifs is 1. The van der Waals surface area contributed by atoms with Gasteiger partial charge in [0.2, 0.25) is 5.91 Å². The minimum atomic E-state index is -0.595. The normalized spacial score (nSPS) is 12.8. The number of hydrogen-bond donors (Lipinski definition) is 1. The third kappa shape index (κ3) is 4.22. The van der Waals surface area contributed by atoms with Gasteiger partial charge in [0.1, 0.15) is 0 Å². The lowest BCUT2D eigenvalue weighted by molar-refractivity contribution is -0.136. The Morgan fingerprint density at radius 2 is 2.00 bits per heavy atom. The van der Waals surface area contributed by atoms with E-state index in [1.54, 1.807) is 24.3 Å². The summed E-state index contributed by atoms with van der Waals surface area (Å²) < 4.78 is 5.84. The van der Waals surface area contributed by atoms with E-state index < -0.39 is 5.97 Å². The lowest BCUT2D eigenvalue weighted by Gasteiger charge is -2.04. The van der Waals surface area contributed by atoms with Crippen LogP contribution in [0.4, 0.5) is 5.69 Å². The highest BCUT2D eigenvalue weighted by atomic mass is 79.9. The van der Waals surface area contributed by atoms with Crippen LogP contribution >= 0.6 is 15.9 Å². The van der Waals surface area contributed by atoms with Gasteiger partial charge in [0.15, 0.2) is 12.4 Å². The van der Waals surface area contributed by atoms with Gasteiger partial charge >= 0.3 is 5.97 Å². The Balaban J connectivity index is 1.57. The lowest BCUT2D eigenvalue weighted by Crippen LogP contribution is -2.12. The third-order valence-electron chi connectivity index (χ3n) is 3.70. The second-order valence-electron chi connectivity index (χ2n) is 5.48. The van der Waals surface area contributed by atoms with Gasteiger partial charge in [-0.05, 0) is 41.5 Å². The molecule has 1 N–H and O–H groups in total. The standard InChI is InChI=1S/C19H14BrNO4/c20-15-4-2-1-3-12(15)6-8-19(24)25-11-17(22)13-5-7-16-14(9-13)10-18(23)21-16/h1-9H,10-11H2,(H,21,23)/b8-6+. The summed E-state index contributed by atoms with van der Waals surface area (Å²) in [5.41, 5.74) is 2.74. The van der Waals surface area contributed by atoms with Gasteiger partial charge < -0.3 is 10.1 Å². The van der Waals surface area contributed by atoms with Crippen LogP contribution in [-0.4, -0.2) is 24.3 Å². The molecule has 0 atom stereocenters. The molecule has 1 aliphatic heterocycles. The van der Waals surface area contributed by atoms with Crippen molar-refractivity contribution in [3.8, 4) is 0 Å². The molecule has 25 heavy (non-hydrogen) atoms. The second kappa shape index (κ2) is 7.44. The van der Waals surface area contributed by atoms with E-state index in [1.165, 1.54) is 6.08 Å². The van der Waals surface area contributed by atoms with Crippen molar-refractivity contribution in [1.29, 1.82) is 0 Å². The highest BCUT2D eigenvalue weighted by Crippen LogP contribution is 2.24. The molecule has 5 nitrogen and oxygen atoms in total. The van der Waals surface area contributed by atoms with Crippen LogP contribution in [0.1, 0.15) is 21.5 Å². The first-order chi connectivity index (χ1) is 12.0. The van der Waals surface area contributed by atoms with Crippen molar-refractivity contribution in [2.75, 3.05) is 11.9 Å². The largest absolute Gasteiger partial charge is 0.454 e. The Morgan fingerprint density at radius 3 is 2.80 bits per heavy atom. The molecule has 1 aliphatic rings.